The van der Waals surface area contributed by atoms with Crippen LogP contribution in [0.5, 0.6) is 0 Å². The van der Waals surface area contributed by atoms with Gasteiger partial charge in [-0.3, -0.25) is 15.1 Å². The van der Waals surface area contributed by atoms with Gasteiger partial charge in [0.25, 0.3) is 5.91 Å². The fourth-order valence-electron chi connectivity index (χ4n) is 1.36. The van der Waals surface area contributed by atoms with E-state index in [1.165, 1.54) is 0 Å². The van der Waals surface area contributed by atoms with Gasteiger partial charge in [0.05, 0.1) is 0 Å². The molecule has 0 spiro atoms. The highest BCUT2D eigenvalue weighted by Crippen LogP contribution is 2.09. The van der Waals surface area contributed by atoms with E-state index in [-0.39, 0.29) is 5.91 Å². The van der Waals surface area contributed by atoms with Crippen LogP contribution in [-0.4, -0.2) is 23.9 Å². The molecule has 4 heteroatoms. The number of amides is 1. The third-order valence-corrected chi connectivity index (χ3v) is 2.63. The Kier molecular flexibility index (Phi) is 4.46. The molecule has 0 saturated heterocycles. The molecule has 0 atom stereocenters. The van der Waals surface area contributed by atoms with Gasteiger partial charge in [-0.05, 0) is 38.6 Å². The summed E-state index contributed by atoms with van der Waals surface area (Å²) in [5.41, 5.74) is 3.84. The highest BCUT2D eigenvalue weighted by atomic mass is 16.2. The fraction of sp³-hybridized carbons (Fsp3) is 0.417. The summed E-state index contributed by atoms with van der Waals surface area (Å²) in [5, 5.41) is 0. The Morgan fingerprint density at radius 2 is 2.19 bits per heavy atom. The molecule has 88 valence electrons. The molecule has 1 amide bonds. The smallest absolute Gasteiger partial charge is 0.265 e. The van der Waals surface area contributed by atoms with Gasteiger partial charge in [0, 0.05) is 18.2 Å². The number of nitrogens with one attached hydrogen (secondary N) is 1. The maximum Gasteiger partial charge on any atom is 0.265 e. The Balaban J connectivity index is 2.78. The SMILES string of the molecule is CC(C)N(C)Cc1cccc(C(=O)NN)c1. The molecular formula is C12H19N3O. The molecule has 0 bridgehead atoms. The van der Waals surface area contributed by atoms with Crippen molar-refractivity contribution in [1.29, 1.82) is 0 Å². The van der Waals surface area contributed by atoms with Gasteiger partial charge in [0.2, 0.25) is 0 Å². The van der Waals surface area contributed by atoms with E-state index < -0.39 is 0 Å². The molecule has 1 aromatic rings. The Hall–Kier alpha value is -1.39. The zero-order valence-electron chi connectivity index (χ0n) is 10.0. The Labute approximate surface area is 96.4 Å². The standard InChI is InChI=1S/C12H19N3O/c1-9(2)15(3)8-10-5-4-6-11(7-10)12(16)14-13/h4-7,9H,8,13H2,1-3H3,(H,14,16). The average Bonchev–Trinajstić information content (AvgIpc) is 2.28. The molecule has 0 aromatic heterocycles. The van der Waals surface area contributed by atoms with Gasteiger partial charge in [0.1, 0.15) is 0 Å². The molecule has 3 N–H and O–H groups in total. The van der Waals surface area contributed by atoms with Crippen LogP contribution in [-0.2, 0) is 6.54 Å². The third-order valence-electron chi connectivity index (χ3n) is 2.63. The van der Waals surface area contributed by atoms with Gasteiger partial charge in [-0.2, -0.15) is 0 Å². The molecule has 0 unspecified atom stereocenters. The second-order valence-electron chi connectivity index (χ2n) is 4.18. The van der Waals surface area contributed by atoms with Crippen molar-refractivity contribution in [3.63, 3.8) is 0 Å². The van der Waals surface area contributed by atoms with Gasteiger partial charge in [0.15, 0.2) is 0 Å². The lowest BCUT2D eigenvalue weighted by molar-refractivity contribution is 0.0953. The van der Waals surface area contributed by atoms with E-state index in [9.17, 15) is 4.79 Å². The van der Waals surface area contributed by atoms with E-state index in [4.69, 9.17) is 5.84 Å². The summed E-state index contributed by atoms with van der Waals surface area (Å²) >= 11 is 0. The second-order valence-corrected chi connectivity index (χ2v) is 4.18. The first-order valence-corrected chi connectivity index (χ1v) is 5.34. The first kappa shape index (κ1) is 12.7. The molecule has 0 fully saturated rings. The predicted molar refractivity (Wildman–Crippen MR) is 64.7 cm³/mol. The Bertz CT molecular complexity index is 363. The van der Waals surface area contributed by atoms with Crippen LogP contribution in [0, 0.1) is 0 Å². The molecule has 0 heterocycles. The van der Waals surface area contributed by atoms with E-state index in [1.54, 1.807) is 6.07 Å². The minimum absolute atomic E-state index is 0.256. The van der Waals surface area contributed by atoms with Crippen LogP contribution in [0.25, 0.3) is 0 Å². The number of rotatable bonds is 4. The molecule has 1 rings (SSSR count). The van der Waals surface area contributed by atoms with E-state index in [0.717, 1.165) is 12.1 Å². The van der Waals surface area contributed by atoms with Crippen LogP contribution in [0.2, 0.25) is 0 Å². The van der Waals surface area contributed by atoms with E-state index in [1.807, 2.05) is 18.2 Å². The molecule has 0 aliphatic carbocycles. The number of carbonyl (C=O) groups is 1. The first-order chi connectivity index (χ1) is 7.54. The van der Waals surface area contributed by atoms with E-state index in [2.05, 4.69) is 31.2 Å². The lowest BCUT2D eigenvalue weighted by Crippen LogP contribution is -2.30. The minimum atomic E-state index is -0.256. The summed E-state index contributed by atoms with van der Waals surface area (Å²) in [5.74, 6) is 4.84. The molecule has 0 aliphatic rings. The highest BCUT2D eigenvalue weighted by Gasteiger charge is 2.07. The van der Waals surface area contributed by atoms with Crippen molar-refractivity contribution < 1.29 is 4.79 Å². The first-order valence-electron chi connectivity index (χ1n) is 5.34. The molecule has 0 aliphatic heterocycles. The van der Waals surface area contributed by atoms with Crippen LogP contribution in [0.1, 0.15) is 29.8 Å². The van der Waals surface area contributed by atoms with Crippen molar-refractivity contribution >= 4 is 5.91 Å². The van der Waals surface area contributed by atoms with Gasteiger partial charge in [-0.25, -0.2) is 5.84 Å². The fourth-order valence-corrected chi connectivity index (χ4v) is 1.36. The summed E-state index contributed by atoms with van der Waals surface area (Å²) in [6.07, 6.45) is 0. The number of hydrogen-bond donors (Lipinski definition) is 2. The largest absolute Gasteiger partial charge is 0.300 e. The third kappa shape index (κ3) is 3.32. The van der Waals surface area contributed by atoms with Crippen LogP contribution in [0.15, 0.2) is 24.3 Å². The summed E-state index contributed by atoms with van der Waals surface area (Å²) in [6, 6.07) is 7.97. The van der Waals surface area contributed by atoms with Crippen molar-refractivity contribution in [3.05, 3.63) is 35.4 Å². The van der Waals surface area contributed by atoms with Crippen molar-refractivity contribution in [2.24, 2.45) is 5.84 Å². The van der Waals surface area contributed by atoms with Crippen LogP contribution < -0.4 is 11.3 Å². The monoisotopic (exact) mass is 221 g/mol. The van der Waals surface area contributed by atoms with Crippen LogP contribution >= 0.6 is 0 Å². The lowest BCUT2D eigenvalue weighted by atomic mass is 10.1. The summed E-state index contributed by atoms with van der Waals surface area (Å²) in [4.78, 5) is 13.5. The number of nitrogens with zero attached hydrogens (tertiary/aromatic N) is 1. The Morgan fingerprint density at radius 3 is 2.75 bits per heavy atom. The number of carbonyl (C=O) groups excluding carboxylic acids is 1. The summed E-state index contributed by atoms with van der Waals surface area (Å²) < 4.78 is 0. The normalized spacial score (nSPS) is 10.9. The van der Waals surface area contributed by atoms with Crippen LogP contribution in [0.3, 0.4) is 0 Å². The number of nitrogen functional groups attached to an aromatic ring is 1. The number of hydrogen-bond acceptors (Lipinski definition) is 3. The molecular weight excluding hydrogens is 202 g/mol. The van der Waals surface area contributed by atoms with Gasteiger partial charge in [-0.1, -0.05) is 12.1 Å². The van der Waals surface area contributed by atoms with Gasteiger partial charge < -0.3 is 0 Å². The summed E-state index contributed by atoms with van der Waals surface area (Å²) in [6.45, 7) is 5.09. The number of nitrogens with two attached hydrogens (primary N) is 1. The van der Waals surface area contributed by atoms with Crippen molar-refractivity contribution in [3.8, 4) is 0 Å². The quantitative estimate of drug-likeness (QED) is 0.455. The van der Waals surface area contributed by atoms with Gasteiger partial charge >= 0.3 is 0 Å². The zero-order valence-corrected chi connectivity index (χ0v) is 10.0. The molecule has 1 aromatic carbocycles. The molecule has 16 heavy (non-hydrogen) atoms. The van der Waals surface area contributed by atoms with Crippen molar-refractivity contribution in [2.45, 2.75) is 26.4 Å². The number of hydrazine groups is 1. The topological polar surface area (TPSA) is 58.4 Å². The molecule has 4 nitrogen and oxygen atoms in total. The zero-order chi connectivity index (χ0) is 12.1. The average molecular weight is 221 g/mol. The second kappa shape index (κ2) is 5.63. The predicted octanol–water partition coefficient (Wildman–Crippen LogP) is 1.13. The minimum Gasteiger partial charge on any atom is -0.300 e. The lowest BCUT2D eigenvalue weighted by Gasteiger charge is -2.21. The van der Waals surface area contributed by atoms with Crippen molar-refractivity contribution in [2.75, 3.05) is 7.05 Å². The van der Waals surface area contributed by atoms with E-state index in [0.29, 0.717) is 11.6 Å². The molecule has 0 saturated carbocycles. The van der Waals surface area contributed by atoms with Crippen molar-refractivity contribution in [1.82, 2.24) is 10.3 Å². The van der Waals surface area contributed by atoms with Gasteiger partial charge in [-0.15, -0.1) is 0 Å². The molecule has 0 radical (unpaired) electrons. The van der Waals surface area contributed by atoms with E-state index >= 15 is 0 Å². The highest BCUT2D eigenvalue weighted by molar-refractivity contribution is 5.93. The summed E-state index contributed by atoms with van der Waals surface area (Å²) in [7, 11) is 2.06. The maximum atomic E-state index is 11.3. The maximum absolute atomic E-state index is 11.3. The van der Waals surface area contributed by atoms with Crippen LogP contribution in [0.4, 0.5) is 0 Å². The number of benzene rings is 1. The Morgan fingerprint density at radius 1 is 1.50 bits per heavy atom.